The number of aliphatic carboxylic acids is 1. The molecule has 0 radical (unpaired) electrons. The minimum atomic E-state index is -0.891. The molecule has 42 valence electrons. The molecule has 0 heterocycles. The van der Waals surface area contributed by atoms with Gasteiger partial charge in [-0.1, -0.05) is 6.08 Å². The first-order valence-electron chi connectivity index (χ1n) is 1.63. The van der Waals surface area contributed by atoms with Gasteiger partial charge in [0.05, 0.1) is 0 Å². The third-order valence-corrected chi connectivity index (χ3v) is 0.309. The maximum absolute atomic E-state index is 9.51. The molecule has 0 aromatic rings. The second-order valence-corrected chi connectivity index (χ2v) is 0.838. The number of carboxylic acid groups (broad SMARTS) is 1. The van der Waals surface area contributed by atoms with Gasteiger partial charge in [-0.25, -0.2) is 4.79 Å². The Morgan fingerprint density at radius 1 is 1.50 bits per heavy atom. The van der Waals surface area contributed by atoms with Crippen molar-refractivity contribution in [3.63, 3.8) is 0 Å². The Kier molecular flexibility index (Phi) is 23.6. The second-order valence-electron chi connectivity index (χ2n) is 0.838. The van der Waals surface area contributed by atoms with Gasteiger partial charge in [0.1, 0.15) is 0 Å². The molecule has 0 aliphatic heterocycles. The average molecular weight is 170 g/mol. The van der Waals surface area contributed by atoms with Crippen molar-refractivity contribution in [1.82, 2.24) is 0 Å². The Morgan fingerprint density at radius 2 is 1.88 bits per heavy atom. The van der Waals surface area contributed by atoms with Crippen LogP contribution in [0, 0.1) is 0 Å². The number of carboxylic acids is 1. The summed E-state index contributed by atoms with van der Waals surface area (Å²) < 4.78 is 0. The molecule has 0 saturated carbocycles. The van der Waals surface area contributed by atoms with E-state index in [4.69, 9.17) is 5.11 Å². The molecule has 1 N–H and O–H groups in total. The third kappa shape index (κ3) is 15.6. The van der Waals surface area contributed by atoms with E-state index in [1.165, 1.54) is 6.08 Å². The topological polar surface area (TPSA) is 37.3 Å². The number of allylic oxidation sites excluding steroid dienone is 1. The molecule has 0 aromatic carbocycles. The van der Waals surface area contributed by atoms with Crippen molar-refractivity contribution in [1.29, 1.82) is 0 Å². The van der Waals surface area contributed by atoms with E-state index in [0.29, 0.717) is 0 Å². The summed E-state index contributed by atoms with van der Waals surface area (Å²) in [4.78, 5) is 9.51. The van der Waals surface area contributed by atoms with Gasteiger partial charge in [-0.15, -0.1) is 0 Å². The van der Waals surface area contributed by atoms with Crippen molar-refractivity contribution < 1.29 is 9.90 Å². The molecule has 0 atom stereocenters. The maximum atomic E-state index is 9.51. The van der Waals surface area contributed by atoms with E-state index >= 15 is 0 Å². The molecule has 0 aromatic heterocycles. The summed E-state index contributed by atoms with van der Waals surface area (Å²) in [5, 5.41) is 7.83. The van der Waals surface area contributed by atoms with E-state index < -0.39 is 5.97 Å². The molecule has 0 aliphatic carbocycles. The Morgan fingerprint density at radius 3 is 1.88 bits per heavy atom. The predicted octanol–water partition coefficient (Wildman–Crippen LogP) is -1.19. The summed E-state index contributed by atoms with van der Waals surface area (Å²) in [6.45, 7) is 1.66. The van der Waals surface area contributed by atoms with Gasteiger partial charge in [0.25, 0.3) is 0 Å². The normalized spacial score (nSPS) is 7.12. The molecule has 0 spiro atoms. The zero-order valence-electron chi connectivity index (χ0n) is 3.51. The molecule has 4 heteroatoms. The second kappa shape index (κ2) is 11.5. The monoisotopic (exact) mass is 170 g/mol. The summed E-state index contributed by atoms with van der Waals surface area (Å²) in [6.07, 6.45) is 2.56. The van der Waals surface area contributed by atoms with Gasteiger partial charge in [0.2, 0.25) is 0 Å². The zero-order chi connectivity index (χ0) is 4.99. The fraction of sp³-hybridized carbons (Fsp3) is 0.250. The van der Waals surface area contributed by atoms with Crippen LogP contribution in [0.15, 0.2) is 12.2 Å². The van der Waals surface area contributed by atoms with Crippen LogP contribution in [-0.2, 0) is 4.79 Å². The first-order chi connectivity index (χ1) is 2.77. The summed E-state index contributed by atoms with van der Waals surface area (Å²) >= 11 is 0. The Hall–Kier alpha value is 1.73. The van der Waals surface area contributed by atoms with Gasteiger partial charge in [-0.2, -0.15) is 0 Å². The van der Waals surface area contributed by atoms with Crippen LogP contribution in [-0.4, -0.2) is 86.6 Å². The summed E-state index contributed by atoms with van der Waals surface area (Å²) in [5.74, 6) is -0.891. The van der Waals surface area contributed by atoms with E-state index in [2.05, 4.69) is 0 Å². The van der Waals surface area contributed by atoms with Gasteiger partial charge < -0.3 is 5.11 Å². The van der Waals surface area contributed by atoms with Crippen molar-refractivity contribution in [3.8, 4) is 0 Å². The zero-order valence-corrected chi connectivity index (χ0v) is 3.51. The number of hydrogen-bond acceptors (Lipinski definition) is 1. The first kappa shape index (κ1) is 16.4. The molecule has 2 nitrogen and oxygen atoms in total. The van der Waals surface area contributed by atoms with Crippen LogP contribution in [0.3, 0.4) is 0 Å². The number of hydrogen-bond donors (Lipinski definition) is 1. The van der Waals surface area contributed by atoms with E-state index in [-0.39, 0.29) is 75.5 Å². The van der Waals surface area contributed by atoms with Gasteiger partial charge in [0.15, 0.2) is 0 Å². The van der Waals surface area contributed by atoms with Crippen molar-refractivity contribution in [2.24, 2.45) is 0 Å². The average Bonchev–Trinajstić information content (AvgIpc) is 1.35. The summed E-state index contributed by atoms with van der Waals surface area (Å²) in [5.41, 5.74) is 0. The van der Waals surface area contributed by atoms with E-state index in [9.17, 15) is 4.79 Å². The molecule has 0 fully saturated rings. The summed E-state index contributed by atoms with van der Waals surface area (Å²) in [6, 6.07) is 0. The van der Waals surface area contributed by atoms with Crippen LogP contribution in [0.2, 0.25) is 0 Å². The molecule has 0 bridgehead atoms. The first-order valence-corrected chi connectivity index (χ1v) is 1.63. The van der Waals surface area contributed by atoms with Crippen LogP contribution in [0.1, 0.15) is 6.92 Å². The van der Waals surface area contributed by atoms with Crippen molar-refractivity contribution in [2.45, 2.75) is 6.92 Å². The van der Waals surface area contributed by atoms with Crippen molar-refractivity contribution >= 4 is 81.4 Å². The van der Waals surface area contributed by atoms with Gasteiger partial charge in [0, 0.05) is 6.08 Å². The van der Waals surface area contributed by atoms with Crippen LogP contribution < -0.4 is 0 Å². The van der Waals surface area contributed by atoms with Crippen molar-refractivity contribution in [2.75, 3.05) is 0 Å². The summed E-state index contributed by atoms with van der Waals surface area (Å²) in [7, 11) is 0. The van der Waals surface area contributed by atoms with Crippen LogP contribution in [0.4, 0.5) is 0 Å². The van der Waals surface area contributed by atoms with E-state index in [1.54, 1.807) is 6.92 Å². The van der Waals surface area contributed by atoms with Crippen LogP contribution >= 0.6 is 0 Å². The van der Waals surface area contributed by atoms with Gasteiger partial charge in [-0.3, -0.25) is 0 Å². The molecular weight excluding hydrogens is 160 g/mol. The molecule has 0 amide bonds. The molecule has 0 rings (SSSR count). The molecule has 0 saturated heterocycles. The van der Waals surface area contributed by atoms with E-state index in [1.807, 2.05) is 0 Å². The third-order valence-electron chi connectivity index (χ3n) is 0.309. The number of rotatable bonds is 1. The van der Waals surface area contributed by atoms with Crippen LogP contribution in [0.5, 0.6) is 0 Å². The van der Waals surface area contributed by atoms with E-state index in [0.717, 1.165) is 6.08 Å². The Balaban J connectivity index is -0.000000125. The van der Waals surface area contributed by atoms with Crippen LogP contribution in [0.25, 0.3) is 0 Å². The van der Waals surface area contributed by atoms with Crippen molar-refractivity contribution in [3.05, 3.63) is 12.2 Å². The molecule has 8 heavy (non-hydrogen) atoms. The molecule has 0 aliphatic rings. The standard InChI is InChI=1S/C4H6O2.2Ca.4H/c1-2-3-4(5)6;;;;;;/h2-3H,1H3,(H,5,6);;;;;;. The Bertz CT molecular complexity index is 80.1. The molecule has 0 unspecified atom stereocenters. The minimum absolute atomic E-state index is 0. The fourth-order valence-electron chi connectivity index (χ4n) is 0.143. The predicted molar refractivity (Wildman–Crippen MR) is 39.5 cm³/mol. The SMILES string of the molecule is CC=CC(=O)O.[CaH2].[CaH2]. The molecular formula is C4H10Ca2O2. The van der Waals surface area contributed by atoms with Gasteiger partial charge >= 0.3 is 81.4 Å². The fourth-order valence-corrected chi connectivity index (χ4v) is 0.143. The van der Waals surface area contributed by atoms with Gasteiger partial charge in [-0.05, 0) is 6.92 Å². The quantitative estimate of drug-likeness (QED) is 0.397. The Labute approximate surface area is 108 Å². The number of carbonyl (C=O) groups is 1.